The van der Waals surface area contributed by atoms with Gasteiger partial charge in [0.2, 0.25) is 0 Å². The molecule has 0 saturated heterocycles. The molecule has 0 unspecified atom stereocenters. The lowest BCUT2D eigenvalue weighted by molar-refractivity contribution is -0.117. The first-order chi connectivity index (χ1) is 8.79. The molecule has 0 aromatic heterocycles. The molecule has 0 fully saturated rings. The smallest absolute Gasteiger partial charge is 0.338 e. The molecule has 0 bridgehead atoms. The summed E-state index contributed by atoms with van der Waals surface area (Å²) in [6, 6.07) is 4.22. The van der Waals surface area contributed by atoms with Crippen molar-refractivity contribution in [2.24, 2.45) is 0 Å². The first kappa shape index (κ1) is 15.6. The van der Waals surface area contributed by atoms with Gasteiger partial charge >= 0.3 is 18.3 Å². The zero-order valence-corrected chi connectivity index (χ0v) is 10.6. The molecule has 1 rings (SSSR count). The van der Waals surface area contributed by atoms with Crippen molar-refractivity contribution in [3.63, 3.8) is 0 Å². The quantitative estimate of drug-likeness (QED) is 0.624. The van der Waals surface area contributed by atoms with Crippen molar-refractivity contribution in [3.05, 3.63) is 23.8 Å². The number of benzene rings is 1. The minimum Gasteiger partial charge on any atom is -0.478 e. The summed E-state index contributed by atoms with van der Waals surface area (Å²) in [6.45, 7) is -1.33. The number of carbonyl (C=O) groups is 1. The lowest BCUT2D eigenvalue weighted by Gasteiger charge is -2.18. The van der Waals surface area contributed by atoms with E-state index in [-0.39, 0.29) is 11.3 Å². The number of hydrogen-bond acceptors (Lipinski definition) is 3. The molecule has 1 aromatic rings. The van der Waals surface area contributed by atoms with Crippen molar-refractivity contribution < 1.29 is 27.5 Å². The molecule has 0 spiro atoms. The number of anilines is 1. The van der Waals surface area contributed by atoms with Gasteiger partial charge in [0.25, 0.3) is 0 Å². The average Bonchev–Trinajstić information content (AvgIpc) is 2.35. The highest BCUT2D eigenvalue weighted by Crippen LogP contribution is 2.29. The van der Waals surface area contributed by atoms with Crippen molar-refractivity contribution in [1.82, 2.24) is 0 Å². The SMILES string of the molecule is CSc1cccc(NCC(F)(F)C(F)F)c1C(=O)O. The predicted molar refractivity (Wildman–Crippen MR) is 64.6 cm³/mol. The normalized spacial score (nSPS) is 11.7. The molecule has 3 nitrogen and oxygen atoms in total. The summed E-state index contributed by atoms with van der Waals surface area (Å²) in [5.74, 6) is -5.53. The van der Waals surface area contributed by atoms with Crippen molar-refractivity contribution in [1.29, 1.82) is 0 Å². The number of rotatable bonds is 6. The van der Waals surface area contributed by atoms with E-state index in [9.17, 15) is 22.4 Å². The van der Waals surface area contributed by atoms with Crippen LogP contribution in [0, 0.1) is 0 Å². The van der Waals surface area contributed by atoms with E-state index in [1.807, 2.05) is 0 Å². The third-order valence-electron chi connectivity index (χ3n) is 2.29. The van der Waals surface area contributed by atoms with Crippen LogP contribution in [0.15, 0.2) is 23.1 Å². The highest BCUT2D eigenvalue weighted by Gasteiger charge is 2.40. The standard InChI is InChI=1S/C11H11F4NO2S/c1-19-7-4-2-3-6(8(7)9(17)18)16-5-11(14,15)10(12)13/h2-4,10,16H,5H2,1H3,(H,17,18). The fourth-order valence-corrected chi connectivity index (χ4v) is 1.98. The molecule has 0 heterocycles. The summed E-state index contributed by atoms with van der Waals surface area (Å²) in [5, 5.41) is 11.1. The zero-order chi connectivity index (χ0) is 14.6. The number of alkyl halides is 4. The monoisotopic (exact) mass is 297 g/mol. The summed E-state index contributed by atoms with van der Waals surface area (Å²) < 4.78 is 49.6. The lowest BCUT2D eigenvalue weighted by atomic mass is 10.1. The molecule has 0 aliphatic rings. The van der Waals surface area contributed by atoms with Gasteiger partial charge in [-0.05, 0) is 18.4 Å². The highest BCUT2D eigenvalue weighted by atomic mass is 32.2. The van der Waals surface area contributed by atoms with E-state index in [4.69, 9.17) is 5.11 Å². The third kappa shape index (κ3) is 3.76. The molecule has 0 amide bonds. The number of carboxylic acids is 1. The second-order valence-corrected chi connectivity index (χ2v) is 4.45. The van der Waals surface area contributed by atoms with E-state index in [0.29, 0.717) is 4.90 Å². The van der Waals surface area contributed by atoms with Gasteiger partial charge in [-0.1, -0.05) is 6.07 Å². The first-order valence-corrected chi connectivity index (χ1v) is 6.32. The van der Waals surface area contributed by atoms with E-state index in [0.717, 1.165) is 11.8 Å². The van der Waals surface area contributed by atoms with Gasteiger partial charge in [0.15, 0.2) is 0 Å². The fraction of sp³-hybridized carbons (Fsp3) is 0.364. The number of halogens is 4. The second kappa shape index (κ2) is 6.14. The Labute approximate surface area is 111 Å². The molecule has 106 valence electrons. The van der Waals surface area contributed by atoms with Crippen LogP contribution in [0.2, 0.25) is 0 Å². The summed E-state index contributed by atoms with van der Waals surface area (Å²) in [4.78, 5) is 11.4. The third-order valence-corrected chi connectivity index (χ3v) is 3.07. The average molecular weight is 297 g/mol. The van der Waals surface area contributed by atoms with Crippen LogP contribution in [0.4, 0.5) is 23.2 Å². The zero-order valence-electron chi connectivity index (χ0n) is 9.79. The van der Waals surface area contributed by atoms with E-state index < -0.39 is 24.9 Å². The van der Waals surface area contributed by atoms with E-state index in [1.165, 1.54) is 18.2 Å². The maximum absolute atomic E-state index is 12.8. The summed E-state index contributed by atoms with van der Waals surface area (Å²) in [6.07, 6.45) is -2.18. The number of thioether (sulfide) groups is 1. The number of aromatic carboxylic acids is 1. The molecule has 0 radical (unpaired) electrons. The van der Waals surface area contributed by atoms with Gasteiger partial charge in [-0.25, -0.2) is 13.6 Å². The minimum atomic E-state index is -4.22. The molecule has 0 aliphatic carbocycles. The number of carboxylic acid groups (broad SMARTS) is 1. The van der Waals surface area contributed by atoms with Crippen LogP contribution in [0.5, 0.6) is 0 Å². The van der Waals surface area contributed by atoms with Gasteiger partial charge in [-0.3, -0.25) is 0 Å². The van der Waals surface area contributed by atoms with Crippen LogP contribution in [0.3, 0.4) is 0 Å². The Morgan fingerprint density at radius 2 is 2.11 bits per heavy atom. The Morgan fingerprint density at radius 3 is 2.58 bits per heavy atom. The summed E-state index contributed by atoms with van der Waals surface area (Å²) in [5.41, 5.74) is -0.320. The van der Waals surface area contributed by atoms with Crippen LogP contribution >= 0.6 is 11.8 Å². The van der Waals surface area contributed by atoms with Gasteiger partial charge in [0.05, 0.1) is 17.8 Å². The molecule has 0 saturated carbocycles. The largest absolute Gasteiger partial charge is 0.478 e. The first-order valence-electron chi connectivity index (χ1n) is 5.09. The topological polar surface area (TPSA) is 49.3 Å². The number of nitrogens with one attached hydrogen (secondary N) is 1. The predicted octanol–water partition coefficient (Wildman–Crippen LogP) is 3.42. The Kier molecular flexibility index (Phi) is 5.04. The van der Waals surface area contributed by atoms with Crippen LogP contribution in [-0.2, 0) is 0 Å². The summed E-state index contributed by atoms with van der Waals surface area (Å²) >= 11 is 1.12. The lowest BCUT2D eigenvalue weighted by Crippen LogP contribution is -2.35. The second-order valence-electron chi connectivity index (χ2n) is 3.60. The minimum absolute atomic E-state index is 0.111. The van der Waals surface area contributed by atoms with Gasteiger partial charge in [0, 0.05) is 4.90 Å². The summed E-state index contributed by atoms with van der Waals surface area (Å²) in [7, 11) is 0. The molecule has 0 atom stereocenters. The molecule has 2 N–H and O–H groups in total. The van der Waals surface area contributed by atoms with Crippen molar-refractivity contribution in [2.45, 2.75) is 17.2 Å². The van der Waals surface area contributed by atoms with Gasteiger partial charge in [-0.2, -0.15) is 8.78 Å². The van der Waals surface area contributed by atoms with Gasteiger partial charge < -0.3 is 10.4 Å². The Hall–Kier alpha value is -1.44. The van der Waals surface area contributed by atoms with Crippen molar-refractivity contribution >= 4 is 23.4 Å². The van der Waals surface area contributed by atoms with Gasteiger partial charge in [-0.15, -0.1) is 11.8 Å². The Bertz CT molecular complexity index is 468. The number of hydrogen-bond donors (Lipinski definition) is 2. The highest BCUT2D eigenvalue weighted by molar-refractivity contribution is 7.98. The van der Waals surface area contributed by atoms with Crippen molar-refractivity contribution in [2.75, 3.05) is 18.1 Å². The molecular weight excluding hydrogens is 286 g/mol. The molecular formula is C11H11F4NO2S. The maximum atomic E-state index is 12.8. The van der Waals surface area contributed by atoms with Crippen molar-refractivity contribution in [3.8, 4) is 0 Å². The maximum Gasteiger partial charge on any atom is 0.338 e. The molecule has 19 heavy (non-hydrogen) atoms. The van der Waals surface area contributed by atoms with Gasteiger partial charge in [0.1, 0.15) is 0 Å². The van der Waals surface area contributed by atoms with Crippen LogP contribution in [-0.4, -0.2) is 36.2 Å². The Morgan fingerprint density at radius 1 is 1.47 bits per heavy atom. The molecule has 1 aromatic carbocycles. The van der Waals surface area contributed by atoms with Crippen LogP contribution in [0.1, 0.15) is 10.4 Å². The Balaban J connectivity index is 2.99. The van der Waals surface area contributed by atoms with E-state index in [1.54, 1.807) is 6.26 Å². The van der Waals surface area contributed by atoms with Crippen LogP contribution < -0.4 is 5.32 Å². The van der Waals surface area contributed by atoms with E-state index >= 15 is 0 Å². The molecule has 0 aliphatic heterocycles. The molecule has 8 heteroatoms. The fourth-order valence-electron chi connectivity index (χ4n) is 1.36. The van der Waals surface area contributed by atoms with Crippen LogP contribution in [0.25, 0.3) is 0 Å². The van der Waals surface area contributed by atoms with E-state index in [2.05, 4.69) is 5.32 Å².